The van der Waals surface area contributed by atoms with Crippen molar-refractivity contribution in [3.63, 3.8) is 0 Å². The van der Waals surface area contributed by atoms with E-state index >= 15 is 0 Å². The molecule has 0 aliphatic heterocycles. The van der Waals surface area contributed by atoms with Crippen LogP contribution < -0.4 is 10.1 Å². The van der Waals surface area contributed by atoms with Gasteiger partial charge >= 0.3 is 24.1 Å². The SMILES string of the molecule is CNCCOc1ccc2c(c1)CCC1C2CCC2(C)C(OCCCOC(C(F)(F)F)(C(F)(F)F)C(F)(F)F)CCC12. The first-order valence-electron chi connectivity index (χ1n) is 13.9. The lowest BCUT2D eigenvalue weighted by Gasteiger charge is -2.50. The van der Waals surface area contributed by atoms with Gasteiger partial charge in [-0.25, -0.2) is 0 Å². The van der Waals surface area contributed by atoms with Crippen molar-refractivity contribution >= 4 is 0 Å². The van der Waals surface area contributed by atoms with Crippen molar-refractivity contribution in [2.24, 2.45) is 17.3 Å². The van der Waals surface area contributed by atoms with Gasteiger partial charge in [0.15, 0.2) is 0 Å². The molecule has 2 saturated carbocycles. The number of halogens is 9. The first-order valence-corrected chi connectivity index (χ1v) is 13.9. The Labute approximate surface area is 233 Å². The van der Waals surface area contributed by atoms with Gasteiger partial charge in [0.2, 0.25) is 0 Å². The van der Waals surface area contributed by atoms with Crippen LogP contribution in [0.15, 0.2) is 18.2 Å². The van der Waals surface area contributed by atoms with Gasteiger partial charge in [-0.1, -0.05) is 13.0 Å². The lowest BCUT2D eigenvalue weighted by Crippen LogP contribution is -2.67. The third kappa shape index (κ3) is 5.91. The molecule has 0 spiro atoms. The topological polar surface area (TPSA) is 39.7 Å². The van der Waals surface area contributed by atoms with Crippen molar-refractivity contribution < 1.29 is 53.7 Å². The first-order chi connectivity index (χ1) is 19.1. The third-order valence-corrected chi connectivity index (χ3v) is 9.36. The van der Waals surface area contributed by atoms with E-state index in [0.717, 1.165) is 44.4 Å². The van der Waals surface area contributed by atoms with E-state index in [1.54, 1.807) is 0 Å². The maximum Gasteiger partial charge on any atom is 0.435 e. The molecule has 0 aromatic heterocycles. The molecule has 0 amide bonds. The van der Waals surface area contributed by atoms with Crippen LogP contribution in [0.25, 0.3) is 0 Å². The number of nitrogens with one attached hydrogen (secondary N) is 1. The number of benzene rings is 1. The normalized spacial score (nSPS) is 28.7. The lowest BCUT2D eigenvalue weighted by atomic mass is 9.55. The van der Waals surface area contributed by atoms with Crippen molar-refractivity contribution in [2.45, 2.75) is 88.0 Å². The summed E-state index contributed by atoms with van der Waals surface area (Å²) < 4.78 is 133. The number of hydrogen-bond donors (Lipinski definition) is 1. The predicted octanol–water partition coefficient (Wildman–Crippen LogP) is 7.36. The molecule has 1 aromatic rings. The highest BCUT2D eigenvalue weighted by atomic mass is 19.4. The van der Waals surface area contributed by atoms with Gasteiger partial charge in [0.25, 0.3) is 0 Å². The molecule has 1 aromatic carbocycles. The average molecular weight is 606 g/mol. The molecule has 1 N–H and O–H groups in total. The van der Waals surface area contributed by atoms with Crippen molar-refractivity contribution in [1.82, 2.24) is 5.32 Å². The van der Waals surface area contributed by atoms with Crippen LogP contribution in [0.4, 0.5) is 39.5 Å². The fourth-order valence-corrected chi connectivity index (χ4v) is 7.38. The van der Waals surface area contributed by atoms with Gasteiger partial charge in [-0.05, 0) is 98.4 Å². The Morgan fingerprint density at radius 3 is 2.20 bits per heavy atom. The quantitative estimate of drug-likeness (QED) is 0.224. The second-order valence-corrected chi connectivity index (χ2v) is 11.6. The molecule has 3 aliphatic carbocycles. The zero-order chi connectivity index (χ0) is 30.3. The van der Waals surface area contributed by atoms with Crippen LogP contribution in [0.1, 0.15) is 62.5 Å². The molecule has 0 heterocycles. The fourth-order valence-electron chi connectivity index (χ4n) is 7.38. The van der Waals surface area contributed by atoms with E-state index in [0.29, 0.717) is 30.8 Å². The van der Waals surface area contributed by atoms with Crippen LogP contribution in [0.2, 0.25) is 0 Å². The summed E-state index contributed by atoms with van der Waals surface area (Å²) in [5, 5.41) is 3.04. The van der Waals surface area contributed by atoms with Gasteiger partial charge in [0.1, 0.15) is 12.4 Å². The van der Waals surface area contributed by atoms with E-state index in [9.17, 15) is 39.5 Å². The Hall–Kier alpha value is -1.73. The number of hydrogen-bond acceptors (Lipinski definition) is 4. The van der Waals surface area contributed by atoms with E-state index in [-0.39, 0.29) is 18.1 Å². The maximum atomic E-state index is 13.1. The minimum atomic E-state index is -6.73. The summed E-state index contributed by atoms with van der Waals surface area (Å²) in [6.45, 7) is 1.71. The number of fused-ring (bicyclic) bond motifs is 5. The molecule has 0 bridgehead atoms. The van der Waals surface area contributed by atoms with Crippen LogP contribution in [0, 0.1) is 17.3 Å². The van der Waals surface area contributed by atoms with Gasteiger partial charge in [0.05, 0.1) is 12.7 Å². The fraction of sp³-hybridized carbons (Fsp3) is 0.786. The summed E-state index contributed by atoms with van der Waals surface area (Å²) in [6.07, 6.45) is -15.8. The molecular weight excluding hydrogens is 569 g/mol. The van der Waals surface area contributed by atoms with Crippen LogP contribution in [-0.4, -0.2) is 63.6 Å². The summed E-state index contributed by atoms with van der Waals surface area (Å²) in [5.41, 5.74) is -3.86. The Morgan fingerprint density at radius 2 is 1.56 bits per heavy atom. The number of aryl methyl sites for hydroxylation is 1. The van der Waals surface area contributed by atoms with E-state index in [2.05, 4.69) is 29.1 Å². The molecule has 3 aliphatic rings. The third-order valence-electron chi connectivity index (χ3n) is 9.36. The highest BCUT2D eigenvalue weighted by Gasteiger charge is 2.85. The number of likely N-dealkylation sites (N-methyl/N-ethyl adjacent to an activating group) is 1. The van der Waals surface area contributed by atoms with E-state index in [4.69, 9.17) is 9.47 Å². The minimum Gasteiger partial charge on any atom is -0.492 e. The maximum absolute atomic E-state index is 13.1. The Kier molecular flexibility index (Phi) is 9.22. The van der Waals surface area contributed by atoms with Crippen LogP contribution >= 0.6 is 0 Å². The van der Waals surface area contributed by atoms with E-state index < -0.39 is 37.2 Å². The van der Waals surface area contributed by atoms with Gasteiger partial charge < -0.3 is 19.5 Å². The van der Waals surface area contributed by atoms with Gasteiger partial charge in [-0.15, -0.1) is 0 Å². The zero-order valence-electron chi connectivity index (χ0n) is 22.9. The summed E-state index contributed by atoms with van der Waals surface area (Å²) in [4.78, 5) is 0. The molecule has 4 nitrogen and oxygen atoms in total. The van der Waals surface area contributed by atoms with Gasteiger partial charge in [-0.3, -0.25) is 0 Å². The highest BCUT2D eigenvalue weighted by molar-refractivity contribution is 5.40. The largest absolute Gasteiger partial charge is 0.492 e. The van der Waals surface area contributed by atoms with Crippen molar-refractivity contribution in [3.05, 3.63) is 29.3 Å². The molecule has 0 radical (unpaired) electrons. The predicted molar refractivity (Wildman–Crippen MR) is 132 cm³/mol. The Bertz CT molecular complexity index is 1010. The highest BCUT2D eigenvalue weighted by Crippen LogP contribution is 2.62. The molecule has 5 unspecified atom stereocenters. The summed E-state index contributed by atoms with van der Waals surface area (Å²) in [5.74, 6) is 1.97. The Morgan fingerprint density at radius 1 is 0.878 bits per heavy atom. The molecule has 2 fully saturated rings. The van der Waals surface area contributed by atoms with Gasteiger partial charge in [0, 0.05) is 13.2 Å². The monoisotopic (exact) mass is 605 g/mol. The lowest BCUT2D eigenvalue weighted by molar-refractivity contribution is -0.457. The van der Waals surface area contributed by atoms with Crippen molar-refractivity contribution in [1.29, 1.82) is 0 Å². The standard InChI is InChI=1S/C28H36F9NO3/c1-24-11-10-20-19-7-5-18(39-15-12-38-2)16-17(19)4-6-21(20)22(24)8-9-23(24)40-13-3-14-41-25(26(29,30)31,27(32,33)34)28(35,36)37/h5,7,16,20-23,38H,3-4,6,8-15H2,1-2H3. The molecule has 0 saturated heterocycles. The molecule has 234 valence electrons. The molecule has 41 heavy (non-hydrogen) atoms. The number of rotatable bonds is 10. The second-order valence-electron chi connectivity index (χ2n) is 11.6. The van der Waals surface area contributed by atoms with Crippen LogP contribution in [0.3, 0.4) is 0 Å². The molecule has 13 heteroatoms. The molecule has 5 atom stereocenters. The zero-order valence-corrected chi connectivity index (χ0v) is 22.9. The van der Waals surface area contributed by atoms with Crippen molar-refractivity contribution in [3.8, 4) is 5.75 Å². The summed E-state index contributed by atoms with van der Waals surface area (Å²) in [6, 6.07) is 6.26. The molecular formula is C28H36F9NO3. The number of alkyl halides is 9. The molecule has 4 rings (SSSR count). The van der Waals surface area contributed by atoms with E-state index in [1.165, 1.54) is 11.1 Å². The van der Waals surface area contributed by atoms with Crippen LogP contribution in [-0.2, 0) is 15.9 Å². The average Bonchev–Trinajstić information content (AvgIpc) is 3.19. The summed E-state index contributed by atoms with van der Waals surface area (Å²) >= 11 is 0. The van der Waals surface area contributed by atoms with E-state index in [1.807, 2.05) is 13.1 Å². The van der Waals surface area contributed by atoms with Crippen LogP contribution in [0.5, 0.6) is 5.75 Å². The first kappa shape index (κ1) is 32.2. The minimum absolute atomic E-state index is 0.233. The van der Waals surface area contributed by atoms with Crippen molar-refractivity contribution in [2.75, 3.05) is 33.4 Å². The summed E-state index contributed by atoms with van der Waals surface area (Å²) in [7, 11) is 1.86. The smallest absolute Gasteiger partial charge is 0.435 e. The second kappa shape index (κ2) is 11.7. The Balaban J connectivity index is 1.35. The number of ether oxygens (including phenoxy) is 3. The van der Waals surface area contributed by atoms with Gasteiger partial charge in [-0.2, -0.15) is 39.5 Å².